The molecule has 0 radical (unpaired) electrons. The van der Waals surface area contributed by atoms with Gasteiger partial charge in [-0.1, -0.05) is 0 Å². The van der Waals surface area contributed by atoms with Gasteiger partial charge in [-0.2, -0.15) is 0 Å². The number of hydrogen-bond acceptors (Lipinski definition) is 3. The summed E-state index contributed by atoms with van der Waals surface area (Å²) < 4.78 is 0.988. The van der Waals surface area contributed by atoms with Gasteiger partial charge in [0, 0.05) is 9.13 Å². The highest BCUT2D eigenvalue weighted by Gasteiger charge is 2.15. The molecule has 0 aliphatic heterocycles. The van der Waals surface area contributed by atoms with Crippen molar-refractivity contribution in [1.29, 1.82) is 0 Å². The summed E-state index contributed by atoms with van der Waals surface area (Å²) in [5.41, 5.74) is 6.28. The number of benzene rings is 1. The van der Waals surface area contributed by atoms with Gasteiger partial charge >= 0.3 is 0 Å². The van der Waals surface area contributed by atoms with Crippen LogP contribution in [0.2, 0.25) is 0 Å². The van der Waals surface area contributed by atoms with E-state index in [4.69, 9.17) is 5.73 Å². The molecule has 2 atom stereocenters. The van der Waals surface area contributed by atoms with Gasteiger partial charge in [0.05, 0.1) is 12.1 Å². The van der Waals surface area contributed by atoms with Gasteiger partial charge in [0.15, 0.2) is 0 Å². The normalized spacial score (nSPS) is 15.4. The zero-order valence-corrected chi connectivity index (χ0v) is 9.39. The topological polar surface area (TPSA) is 66.5 Å². The second-order valence-electron chi connectivity index (χ2n) is 2.97. The summed E-state index contributed by atoms with van der Waals surface area (Å²) in [5, 5.41) is 18.7. The number of aliphatic hydroxyl groups is 1. The lowest BCUT2D eigenvalue weighted by atomic mass is 10.0. The lowest BCUT2D eigenvalue weighted by molar-refractivity contribution is 0.163. The minimum absolute atomic E-state index is 0.133. The Kier molecular flexibility index (Phi) is 3.52. The Morgan fingerprint density at radius 1 is 1.46 bits per heavy atom. The highest BCUT2D eigenvalue weighted by molar-refractivity contribution is 14.1. The monoisotopic (exact) mass is 293 g/mol. The number of phenols is 1. The van der Waals surface area contributed by atoms with E-state index < -0.39 is 12.1 Å². The van der Waals surface area contributed by atoms with E-state index in [0.29, 0.717) is 5.56 Å². The van der Waals surface area contributed by atoms with Gasteiger partial charge in [0.2, 0.25) is 0 Å². The fourth-order valence-corrected chi connectivity index (χ4v) is 1.57. The highest BCUT2D eigenvalue weighted by atomic mass is 127. The maximum Gasteiger partial charge on any atom is 0.120 e. The Hall–Kier alpha value is -0.330. The van der Waals surface area contributed by atoms with Crippen LogP contribution in [0, 0.1) is 3.57 Å². The molecule has 13 heavy (non-hydrogen) atoms. The predicted molar refractivity (Wildman–Crippen MR) is 59.4 cm³/mol. The molecule has 0 aliphatic rings. The molecule has 0 heterocycles. The summed E-state index contributed by atoms with van der Waals surface area (Å²) in [5.74, 6) is 0.133. The molecule has 1 aromatic carbocycles. The zero-order chi connectivity index (χ0) is 10.0. The van der Waals surface area contributed by atoms with E-state index in [1.807, 2.05) is 0 Å². The van der Waals surface area contributed by atoms with E-state index in [2.05, 4.69) is 22.6 Å². The Labute approximate surface area is 90.7 Å². The van der Waals surface area contributed by atoms with Crippen LogP contribution in [0.15, 0.2) is 18.2 Å². The van der Waals surface area contributed by atoms with Crippen molar-refractivity contribution in [3.8, 4) is 5.75 Å². The van der Waals surface area contributed by atoms with Crippen LogP contribution in [-0.2, 0) is 0 Å². The lowest BCUT2D eigenvalue weighted by Gasteiger charge is -2.16. The molecule has 3 nitrogen and oxygen atoms in total. The van der Waals surface area contributed by atoms with Gasteiger partial charge in [0.25, 0.3) is 0 Å². The van der Waals surface area contributed by atoms with Crippen molar-refractivity contribution in [2.24, 2.45) is 5.73 Å². The van der Waals surface area contributed by atoms with E-state index >= 15 is 0 Å². The maximum atomic E-state index is 9.46. The molecule has 0 aromatic heterocycles. The summed E-state index contributed by atoms with van der Waals surface area (Å²) in [6, 6.07) is 4.61. The molecule has 1 aromatic rings. The minimum atomic E-state index is -0.663. The standard InChI is InChI=1S/C9H12INO2/c1-5(12)9(11)7-4-6(10)2-3-8(7)13/h2-5,9,12-13H,11H2,1H3/t5-,9+/m1/s1. The molecule has 4 N–H and O–H groups in total. The minimum Gasteiger partial charge on any atom is -0.508 e. The van der Waals surface area contributed by atoms with Crippen LogP contribution < -0.4 is 5.73 Å². The van der Waals surface area contributed by atoms with Crippen molar-refractivity contribution in [3.63, 3.8) is 0 Å². The van der Waals surface area contributed by atoms with E-state index in [0.717, 1.165) is 3.57 Å². The fraction of sp³-hybridized carbons (Fsp3) is 0.333. The van der Waals surface area contributed by atoms with Gasteiger partial charge in [-0.05, 0) is 47.7 Å². The molecule has 0 bridgehead atoms. The van der Waals surface area contributed by atoms with Gasteiger partial charge in [-0.3, -0.25) is 0 Å². The van der Waals surface area contributed by atoms with Gasteiger partial charge < -0.3 is 15.9 Å². The predicted octanol–water partition coefficient (Wildman–Crippen LogP) is 1.38. The van der Waals surface area contributed by atoms with Crippen LogP contribution >= 0.6 is 22.6 Å². The van der Waals surface area contributed by atoms with E-state index in [1.165, 1.54) is 0 Å². The second kappa shape index (κ2) is 4.26. The molecule has 1 rings (SSSR count). The number of nitrogens with two attached hydrogens (primary N) is 1. The summed E-state index contributed by atoms with van der Waals surface area (Å²) >= 11 is 2.13. The first-order valence-electron chi connectivity index (χ1n) is 3.94. The van der Waals surface area contributed by atoms with Gasteiger partial charge in [-0.25, -0.2) is 0 Å². The summed E-state index contributed by atoms with van der Waals surface area (Å²) in [7, 11) is 0. The molecule has 0 aliphatic carbocycles. The van der Waals surface area contributed by atoms with Crippen LogP contribution in [0.4, 0.5) is 0 Å². The Morgan fingerprint density at radius 3 is 2.62 bits per heavy atom. The first kappa shape index (κ1) is 10.7. The van der Waals surface area contributed by atoms with E-state index in [9.17, 15) is 10.2 Å². The summed E-state index contributed by atoms with van der Waals surface area (Å²) in [6.07, 6.45) is -0.663. The van der Waals surface area contributed by atoms with Crippen molar-refractivity contribution in [2.45, 2.75) is 19.1 Å². The first-order chi connectivity index (χ1) is 6.02. The number of rotatable bonds is 2. The fourth-order valence-electron chi connectivity index (χ4n) is 1.05. The third-order valence-corrected chi connectivity index (χ3v) is 2.54. The number of phenolic OH excluding ortho intramolecular Hbond substituents is 1. The highest BCUT2D eigenvalue weighted by Crippen LogP contribution is 2.26. The van der Waals surface area contributed by atoms with Gasteiger partial charge in [0.1, 0.15) is 5.75 Å². The third-order valence-electron chi connectivity index (χ3n) is 1.87. The Morgan fingerprint density at radius 2 is 2.08 bits per heavy atom. The van der Waals surface area contributed by atoms with Crippen LogP contribution in [0.25, 0.3) is 0 Å². The third kappa shape index (κ3) is 2.55. The van der Waals surface area contributed by atoms with Crippen molar-refractivity contribution in [3.05, 3.63) is 27.3 Å². The SMILES string of the molecule is C[C@@H](O)[C@H](N)c1cc(I)ccc1O. The zero-order valence-electron chi connectivity index (χ0n) is 7.24. The quantitative estimate of drug-likeness (QED) is 0.722. The number of hydrogen-bond donors (Lipinski definition) is 3. The molecule has 72 valence electrons. The molecule has 0 saturated heterocycles. The van der Waals surface area contributed by atoms with Crippen LogP contribution in [0.3, 0.4) is 0 Å². The number of aromatic hydroxyl groups is 1. The van der Waals surface area contributed by atoms with Gasteiger partial charge in [-0.15, -0.1) is 0 Å². The van der Waals surface area contributed by atoms with Crippen molar-refractivity contribution in [2.75, 3.05) is 0 Å². The average molecular weight is 293 g/mol. The van der Waals surface area contributed by atoms with Crippen LogP contribution in [0.5, 0.6) is 5.75 Å². The van der Waals surface area contributed by atoms with Crippen molar-refractivity contribution < 1.29 is 10.2 Å². The second-order valence-corrected chi connectivity index (χ2v) is 4.22. The van der Waals surface area contributed by atoms with Crippen molar-refractivity contribution >= 4 is 22.6 Å². The lowest BCUT2D eigenvalue weighted by Crippen LogP contribution is -2.23. The molecule has 0 unspecified atom stereocenters. The molecule has 4 heteroatoms. The van der Waals surface area contributed by atoms with E-state index in [-0.39, 0.29) is 5.75 Å². The number of aliphatic hydroxyl groups excluding tert-OH is 1. The number of halogens is 1. The van der Waals surface area contributed by atoms with Crippen LogP contribution in [0.1, 0.15) is 18.5 Å². The average Bonchev–Trinajstić information content (AvgIpc) is 2.08. The van der Waals surface area contributed by atoms with Crippen molar-refractivity contribution in [1.82, 2.24) is 0 Å². The first-order valence-corrected chi connectivity index (χ1v) is 5.02. The maximum absolute atomic E-state index is 9.46. The van der Waals surface area contributed by atoms with Crippen LogP contribution in [-0.4, -0.2) is 16.3 Å². The van der Waals surface area contributed by atoms with E-state index in [1.54, 1.807) is 25.1 Å². The Bertz CT molecular complexity index is 302. The largest absolute Gasteiger partial charge is 0.508 e. The molecule has 0 fully saturated rings. The molecule has 0 amide bonds. The molecule has 0 saturated carbocycles. The Balaban J connectivity index is 3.05. The summed E-state index contributed by atoms with van der Waals surface area (Å²) in [6.45, 7) is 1.60. The smallest absolute Gasteiger partial charge is 0.120 e. The molecule has 0 spiro atoms. The molecular weight excluding hydrogens is 281 g/mol. The molecular formula is C9H12INO2. The summed E-state index contributed by atoms with van der Waals surface area (Å²) in [4.78, 5) is 0.